The Morgan fingerprint density at radius 3 is 2.46 bits per heavy atom. The molecule has 2 rings (SSSR count). The quantitative estimate of drug-likeness (QED) is 0.650. The molecule has 0 saturated carbocycles. The van der Waals surface area contributed by atoms with Gasteiger partial charge in [-0.25, -0.2) is 0 Å². The van der Waals surface area contributed by atoms with E-state index in [0.717, 1.165) is 0 Å². The van der Waals surface area contributed by atoms with Crippen molar-refractivity contribution in [1.29, 1.82) is 0 Å². The molecule has 3 amide bonds. The van der Waals surface area contributed by atoms with Crippen LogP contribution in [0.1, 0.15) is 37.0 Å². The van der Waals surface area contributed by atoms with Crippen LogP contribution in [0.3, 0.4) is 0 Å². The lowest BCUT2D eigenvalue weighted by Crippen LogP contribution is -2.55. The number of hydrogen-bond donors (Lipinski definition) is 2. The molecule has 0 aliphatic carbocycles. The summed E-state index contributed by atoms with van der Waals surface area (Å²) in [5.74, 6) is -1.50. The van der Waals surface area contributed by atoms with Crippen LogP contribution in [0.4, 0.5) is 0 Å². The molecule has 1 saturated heterocycles. The molecule has 1 heterocycles. The zero-order chi connectivity index (χ0) is 20.8. The predicted molar refractivity (Wildman–Crippen MR) is 106 cm³/mol. The van der Waals surface area contributed by atoms with Crippen molar-refractivity contribution in [2.45, 2.75) is 38.8 Å². The van der Waals surface area contributed by atoms with E-state index in [4.69, 9.17) is 23.2 Å². The molecule has 2 atom stereocenters. The van der Waals surface area contributed by atoms with Gasteiger partial charge in [0, 0.05) is 6.54 Å². The maximum absolute atomic E-state index is 13.1. The Morgan fingerprint density at radius 2 is 1.89 bits per heavy atom. The molecule has 1 aliphatic rings. The van der Waals surface area contributed by atoms with Gasteiger partial charge in [-0.15, -0.1) is 0 Å². The summed E-state index contributed by atoms with van der Waals surface area (Å²) in [6, 6.07) is 3.21. The lowest BCUT2D eigenvalue weighted by molar-refractivity contribution is -0.140. The van der Waals surface area contributed by atoms with Crippen LogP contribution in [-0.4, -0.2) is 54.1 Å². The van der Waals surface area contributed by atoms with Crippen LogP contribution in [0, 0.1) is 5.92 Å². The van der Waals surface area contributed by atoms with E-state index in [2.05, 4.69) is 10.6 Å². The van der Waals surface area contributed by atoms with Crippen molar-refractivity contribution in [1.82, 2.24) is 15.5 Å². The number of halogens is 2. The van der Waals surface area contributed by atoms with Crippen LogP contribution < -0.4 is 10.6 Å². The first-order valence-corrected chi connectivity index (χ1v) is 9.80. The average molecular weight is 428 g/mol. The molecule has 0 spiro atoms. The predicted octanol–water partition coefficient (Wildman–Crippen LogP) is 2.05. The molecule has 1 aromatic rings. The average Bonchev–Trinajstić information content (AvgIpc) is 3.13. The molecule has 9 heteroatoms. The largest absolute Gasteiger partial charge is 0.348 e. The normalized spacial score (nSPS) is 17.3. The number of rotatable bonds is 7. The van der Waals surface area contributed by atoms with Crippen molar-refractivity contribution in [3.8, 4) is 0 Å². The fraction of sp³-hybridized carbons (Fsp3) is 0.474. The Labute approximate surface area is 173 Å². The highest BCUT2D eigenvalue weighted by Crippen LogP contribution is 2.25. The lowest BCUT2D eigenvalue weighted by atomic mass is 10.0. The summed E-state index contributed by atoms with van der Waals surface area (Å²) in [6.45, 7) is 3.90. The van der Waals surface area contributed by atoms with E-state index in [1.807, 2.05) is 0 Å². The molecular formula is C19H23Cl2N3O4. The molecule has 1 aliphatic heterocycles. The molecule has 28 heavy (non-hydrogen) atoms. The van der Waals surface area contributed by atoms with Crippen molar-refractivity contribution < 1.29 is 19.2 Å². The lowest BCUT2D eigenvalue weighted by Gasteiger charge is -2.30. The Balaban J connectivity index is 2.18. The molecule has 0 radical (unpaired) electrons. The SMILES string of the molecule is CC(C)[C@H](NC(=O)c1c(Cl)cccc1Cl)C(=O)N1CCC[C@H]1C(=O)NCC=O. The first-order chi connectivity index (χ1) is 13.3. The minimum atomic E-state index is -0.848. The fourth-order valence-electron chi connectivity index (χ4n) is 3.18. The molecule has 0 aromatic heterocycles. The molecule has 0 unspecified atom stereocenters. The topological polar surface area (TPSA) is 95.6 Å². The summed E-state index contributed by atoms with van der Waals surface area (Å²) in [4.78, 5) is 50.0. The molecule has 152 valence electrons. The molecule has 1 fully saturated rings. The third-order valence-electron chi connectivity index (χ3n) is 4.61. The number of likely N-dealkylation sites (tertiary alicyclic amines) is 1. The van der Waals surface area contributed by atoms with Gasteiger partial charge in [-0.1, -0.05) is 43.1 Å². The van der Waals surface area contributed by atoms with Gasteiger partial charge in [0.25, 0.3) is 5.91 Å². The van der Waals surface area contributed by atoms with Gasteiger partial charge in [-0.3, -0.25) is 14.4 Å². The zero-order valence-electron chi connectivity index (χ0n) is 15.7. The summed E-state index contributed by atoms with van der Waals surface area (Å²) in [5.41, 5.74) is 0.103. The summed E-state index contributed by atoms with van der Waals surface area (Å²) >= 11 is 12.2. The number of nitrogens with one attached hydrogen (secondary N) is 2. The molecular weight excluding hydrogens is 405 g/mol. The molecule has 0 bridgehead atoms. The molecule has 2 N–H and O–H groups in total. The minimum absolute atomic E-state index is 0.103. The monoisotopic (exact) mass is 427 g/mol. The van der Waals surface area contributed by atoms with Crippen molar-refractivity contribution >= 4 is 47.2 Å². The van der Waals surface area contributed by atoms with Crippen LogP contribution >= 0.6 is 23.2 Å². The van der Waals surface area contributed by atoms with Gasteiger partial charge in [0.15, 0.2) is 0 Å². The van der Waals surface area contributed by atoms with E-state index in [9.17, 15) is 19.2 Å². The van der Waals surface area contributed by atoms with Crippen molar-refractivity contribution in [3.63, 3.8) is 0 Å². The smallest absolute Gasteiger partial charge is 0.254 e. The number of carbonyl (C=O) groups is 4. The van der Waals surface area contributed by atoms with E-state index in [0.29, 0.717) is 25.7 Å². The van der Waals surface area contributed by atoms with Gasteiger partial charge in [0.05, 0.1) is 22.2 Å². The third kappa shape index (κ3) is 5.02. The third-order valence-corrected chi connectivity index (χ3v) is 5.24. The second kappa shape index (κ2) is 9.89. The second-order valence-corrected chi connectivity index (χ2v) is 7.71. The number of carbonyl (C=O) groups excluding carboxylic acids is 4. The summed E-state index contributed by atoms with van der Waals surface area (Å²) < 4.78 is 0. The number of nitrogens with zero attached hydrogens (tertiary/aromatic N) is 1. The maximum Gasteiger partial charge on any atom is 0.254 e. The Morgan fingerprint density at radius 1 is 1.25 bits per heavy atom. The molecule has 7 nitrogen and oxygen atoms in total. The van der Waals surface area contributed by atoms with Crippen LogP contribution in [0.5, 0.6) is 0 Å². The van der Waals surface area contributed by atoms with Crippen molar-refractivity contribution in [3.05, 3.63) is 33.8 Å². The summed E-state index contributed by atoms with van der Waals surface area (Å²) in [5, 5.41) is 5.57. The standard InChI is InChI=1S/C19H23Cl2N3O4/c1-11(2)16(23-18(27)15-12(20)5-3-6-13(15)21)19(28)24-9-4-7-14(24)17(26)22-8-10-25/h3,5-6,10-11,14,16H,4,7-9H2,1-2H3,(H,22,26)(H,23,27)/t14-,16-/m0/s1. The summed E-state index contributed by atoms with van der Waals surface area (Å²) in [7, 11) is 0. The highest BCUT2D eigenvalue weighted by atomic mass is 35.5. The van der Waals surface area contributed by atoms with Crippen LogP contribution in [-0.2, 0) is 14.4 Å². The Hall–Kier alpha value is -2.12. The van der Waals surface area contributed by atoms with E-state index < -0.39 is 18.0 Å². The van der Waals surface area contributed by atoms with Gasteiger partial charge in [-0.05, 0) is 30.9 Å². The second-order valence-electron chi connectivity index (χ2n) is 6.89. The highest BCUT2D eigenvalue weighted by Gasteiger charge is 2.38. The number of aldehydes is 1. The maximum atomic E-state index is 13.1. The van der Waals surface area contributed by atoms with Gasteiger partial charge in [0.1, 0.15) is 18.4 Å². The number of hydrogen-bond acceptors (Lipinski definition) is 4. The first kappa shape index (κ1) is 22.2. The van der Waals surface area contributed by atoms with E-state index >= 15 is 0 Å². The van der Waals surface area contributed by atoms with Gasteiger partial charge in [0.2, 0.25) is 11.8 Å². The number of benzene rings is 1. The van der Waals surface area contributed by atoms with Crippen LogP contribution in [0.15, 0.2) is 18.2 Å². The van der Waals surface area contributed by atoms with Crippen molar-refractivity contribution in [2.24, 2.45) is 5.92 Å². The highest BCUT2D eigenvalue weighted by molar-refractivity contribution is 6.39. The van der Waals surface area contributed by atoms with E-state index in [1.165, 1.54) is 4.90 Å². The van der Waals surface area contributed by atoms with Crippen LogP contribution in [0.2, 0.25) is 10.0 Å². The Kier molecular flexibility index (Phi) is 7.83. The van der Waals surface area contributed by atoms with Crippen LogP contribution in [0.25, 0.3) is 0 Å². The van der Waals surface area contributed by atoms with Gasteiger partial charge in [-0.2, -0.15) is 0 Å². The fourth-order valence-corrected chi connectivity index (χ4v) is 3.75. The zero-order valence-corrected chi connectivity index (χ0v) is 17.2. The van der Waals surface area contributed by atoms with E-state index in [-0.39, 0.29) is 39.9 Å². The van der Waals surface area contributed by atoms with E-state index in [1.54, 1.807) is 32.0 Å². The molecule has 1 aromatic carbocycles. The summed E-state index contributed by atoms with van der Waals surface area (Å²) in [6.07, 6.45) is 1.76. The minimum Gasteiger partial charge on any atom is -0.348 e. The number of amides is 3. The first-order valence-electron chi connectivity index (χ1n) is 9.04. The van der Waals surface area contributed by atoms with Gasteiger partial charge >= 0.3 is 0 Å². The van der Waals surface area contributed by atoms with Gasteiger partial charge < -0.3 is 20.3 Å². The van der Waals surface area contributed by atoms with Crippen molar-refractivity contribution in [2.75, 3.05) is 13.1 Å². The Bertz CT molecular complexity index is 749.